The minimum absolute atomic E-state index is 0.140. The van der Waals surface area contributed by atoms with Crippen LogP contribution in [-0.4, -0.2) is 16.7 Å². The molecule has 0 radical (unpaired) electrons. The largest absolute Gasteiger partial charge is 0.457 e. The van der Waals surface area contributed by atoms with E-state index < -0.39 is 0 Å². The molecular weight excluding hydrogens is 428 g/mol. The third kappa shape index (κ3) is 5.03. The van der Waals surface area contributed by atoms with Gasteiger partial charge in [0.2, 0.25) is 5.91 Å². The van der Waals surface area contributed by atoms with Crippen molar-refractivity contribution >= 4 is 17.4 Å². The van der Waals surface area contributed by atoms with Gasteiger partial charge in [-0.2, -0.15) is 0 Å². The van der Waals surface area contributed by atoms with E-state index in [1.165, 1.54) is 0 Å². The van der Waals surface area contributed by atoms with Crippen molar-refractivity contribution in [3.63, 3.8) is 0 Å². The lowest BCUT2D eigenvalue weighted by Crippen LogP contribution is -2.31. The lowest BCUT2D eigenvalue weighted by Gasteiger charge is -2.14. The van der Waals surface area contributed by atoms with Crippen molar-refractivity contribution in [3.05, 3.63) is 96.1 Å². The first-order valence-corrected chi connectivity index (χ1v) is 10.5. The fraction of sp³-hybridized carbons (Fsp3) is 0.0385. The van der Waals surface area contributed by atoms with Crippen LogP contribution in [0.25, 0.3) is 22.5 Å². The third-order valence-corrected chi connectivity index (χ3v) is 5.17. The van der Waals surface area contributed by atoms with Gasteiger partial charge in [-0.15, -0.1) is 0 Å². The maximum Gasteiger partial charge on any atom is 0.238 e. The van der Waals surface area contributed by atoms with E-state index in [0.29, 0.717) is 28.4 Å². The molecule has 0 bridgehead atoms. The zero-order chi connectivity index (χ0) is 24.1. The molecule has 0 atom stereocenters. The Morgan fingerprint density at radius 2 is 1.62 bits per heavy atom. The number of rotatable bonds is 7. The standard InChI is InChI=1S/C26H24N6O2/c27-21-15-22(18-6-4-5-16(13-18)14-23(33)32-30)31-25(24(21)26(28)29)17-9-11-20(12-10-17)34-19-7-2-1-3-8-19/h1-13,15H,14,30H2,(H2,27,31)(H3,28,29)(H,32,33). The maximum atomic E-state index is 11.7. The lowest BCUT2D eigenvalue weighted by molar-refractivity contribution is -0.120. The predicted molar refractivity (Wildman–Crippen MR) is 133 cm³/mol. The Kier molecular flexibility index (Phi) is 6.52. The van der Waals surface area contributed by atoms with Gasteiger partial charge in [-0.25, -0.2) is 10.8 Å². The molecule has 34 heavy (non-hydrogen) atoms. The van der Waals surface area contributed by atoms with Crippen LogP contribution in [0.3, 0.4) is 0 Å². The highest BCUT2D eigenvalue weighted by Crippen LogP contribution is 2.32. The van der Waals surface area contributed by atoms with Crippen LogP contribution < -0.4 is 27.5 Å². The van der Waals surface area contributed by atoms with Crippen LogP contribution in [0.2, 0.25) is 0 Å². The molecule has 1 heterocycles. The summed E-state index contributed by atoms with van der Waals surface area (Å²) in [5.74, 6) is 6.12. The molecule has 0 fully saturated rings. The van der Waals surface area contributed by atoms with Gasteiger partial charge in [-0.1, -0.05) is 36.4 Å². The Morgan fingerprint density at radius 3 is 2.29 bits per heavy atom. The summed E-state index contributed by atoms with van der Waals surface area (Å²) in [5, 5.41) is 8.04. The number of benzene rings is 3. The number of nitrogens with one attached hydrogen (secondary N) is 2. The maximum absolute atomic E-state index is 11.7. The van der Waals surface area contributed by atoms with Gasteiger partial charge in [0.1, 0.15) is 17.3 Å². The fourth-order valence-electron chi connectivity index (χ4n) is 3.59. The lowest BCUT2D eigenvalue weighted by atomic mass is 9.99. The van der Waals surface area contributed by atoms with Crippen LogP contribution in [0.5, 0.6) is 11.5 Å². The van der Waals surface area contributed by atoms with E-state index in [0.717, 1.165) is 22.4 Å². The first-order valence-electron chi connectivity index (χ1n) is 10.5. The van der Waals surface area contributed by atoms with Gasteiger partial charge in [0.05, 0.1) is 23.4 Å². The Bertz CT molecular complexity index is 1340. The Balaban J connectivity index is 1.72. The first-order chi connectivity index (χ1) is 16.4. The number of nitrogens with two attached hydrogens (primary N) is 3. The fourth-order valence-corrected chi connectivity index (χ4v) is 3.59. The molecule has 0 saturated carbocycles. The average molecular weight is 453 g/mol. The third-order valence-electron chi connectivity index (χ3n) is 5.17. The van der Waals surface area contributed by atoms with Gasteiger partial charge in [0.15, 0.2) is 0 Å². The highest BCUT2D eigenvalue weighted by molar-refractivity contribution is 6.05. The van der Waals surface area contributed by atoms with Crippen molar-refractivity contribution in [2.24, 2.45) is 11.6 Å². The summed E-state index contributed by atoms with van der Waals surface area (Å²) >= 11 is 0. The average Bonchev–Trinajstić information content (AvgIpc) is 2.84. The number of amidine groups is 1. The smallest absolute Gasteiger partial charge is 0.238 e. The summed E-state index contributed by atoms with van der Waals surface area (Å²) in [6, 6.07) is 25.9. The molecule has 0 unspecified atom stereocenters. The van der Waals surface area contributed by atoms with Crippen molar-refractivity contribution < 1.29 is 9.53 Å². The van der Waals surface area contributed by atoms with Crippen molar-refractivity contribution in [1.82, 2.24) is 10.4 Å². The molecule has 3 aromatic carbocycles. The van der Waals surface area contributed by atoms with Crippen LogP contribution in [-0.2, 0) is 11.2 Å². The molecule has 4 rings (SSSR count). The number of anilines is 1. The number of pyridine rings is 1. The van der Waals surface area contributed by atoms with Crippen molar-refractivity contribution in [3.8, 4) is 34.0 Å². The second kappa shape index (κ2) is 9.85. The number of hydrogen-bond donors (Lipinski definition) is 5. The van der Waals surface area contributed by atoms with Crippen molar-refractivity contribution in [1.29, 1.82) is 5.41 Å². The van der Waals surface area contributed by atoms with Crippen LogP contribution in [0.15, 0.2) is 84.9 Å². The molecule has 0 aliphatic rings. The summed E-state index contributed by atoms with van der Waals surface area (Å²) in [7, 11) is 0. The molecule has 170 valence electrons. The van der Waals surface area contributed by atoms with Gasteiger partial charge in [0.25, 0.3) is 0 Å². The zero-order valence-corrected chi connectivity index (χ0v) is 18.3. The predicted octanol–water partition coefficient (Wildman–Crippen LogP) is 3.61. The molecule has 1 aromatic heterocycles. The van der Waals surface area contributed by atoms with E-state index in [1.807, 2.05) is 78.9 Å². The highest BCUT2D eigenvalue weighted by Gasteiger charge is 2.17. The molecule has 0 aliphatic carbocycles. The topological polar surface area (TPSA) is 153 Å². The molecule has 8 nitrogen and oxygen atoms in total. The van der Waals surface area contributed by atoms with E-state index >= 15 is 0 Å². The Hall–Kier alpha value is -4.69. The van der Waals surface area contributed by atoms with E-state index in [1.54, 1.807) is 6.07 Å². The van der Waals surface area contributed by atoms with Crippen LogP contribution in [0.4, 0.5) is 5.69 Å². The number of aromatic nitrogens is 1. The SMILES string of the molecule is N=C(N)c1c(N)cc(-c2cccc(CC(=O)NN)c2)nc1-c1ccc(Oc2ccccc2)cc1. The number of nitrogen functional groups attached to an aromatic ring is 2. The van der Waals surface area contributed by atoms with Crippen LogP contribution in [0, 0.1) is 5.41 Å². The number of ether oxygens (including phenoxy) is 1. The Morgan fingerprint density at radius 1 is 0.912 bits per heavy atom. The number of carbonyl (C=O) groups is 1. The molecule has 1 amide bonds. The summed E-state index contributed by atoms with van der Waals surface area (Å²) < 4.78 is 5.86. The van der Waals surface area contributed by atoms with Crippen molar-refractivity contribution in [2.45, 2.75) is 6.42 Å². The van der Waals surface area contributed by atoms with Gasteiger partial charge in [0, 0.05) is 16.8 Å². The zero-order valence-electron chi connectivity index (χ0n) is 18.3. The van der Waals surface area contributed by atoms with E-state index in [2.05, 4.69) is 5.43 Å². The Labute approximate surface area is 196 Å². The molecule has 8 N–H and O–H groups in total. The first kappa shape index (κ1) is 22.5. The molecule has 4 aromatic rings. The van der Waals surface area contributed by atoms with Crippen molar-refractivity contribution in [2.75, 3.05) is 5.73 Å². The summed E-state index contributed by atoms with van der Waals surface area (Å²) in [5.41, 5.74) is 18.3. The monoisotopic (exact) mass is 452 g/mol. The second-order valence-corrected chi connectivity index (χ2v) is 7.62. The number of hydrogen-bond acceptors (Lipinski definition) is 6. The minimum Gasteiger partial charge on any atom is -0.457 e. The molecule has 0 aliphatic heterocycles. The van der Waals surface area contributed by atoms with E-state index in [9.17, 15) is 4.79 Å². The normalized spacial score (nSPS) is 10.5. The minimum atomic E-state index is -0.296. The number of nitrogens with zero attached hydrogens (tertiary/aromatic N) is 1. The van der Waals surface area contributed by atoms with Gasteiger partial charge >= 0.3 is 0 Å². The van der Waals surface area contributed by atoms with E-state index in [-0.39, 0.29) is 18.2 Å². The summed E-state index contributed by atoms with van der Waals surface area (Å²) in [6.07, 6.45) is 0.140. The highest BCUT2D eigenvalue weighted by atomic mass is 16.5. The molecule has 0 spiro atoms. The van der Waals surface area contributed by atoms with Gasteiger partial charge in [-0.05, 0) is 54.1 Å². The number of para-hydroxylation sites is 1. The quantitative estimate of drug-likeness (QED) is 0.0949. The number of amides is 1. The summed E-state index contributed by atoms with van der Waals surface area (Å²) in [6.45, 7) is 0. The number of carbonyl (C=O) groups excluding carboxylic acids is 1. The van der Waals surface area contributed by atoms with Gasteiger partial charge < -0.3 is 16.2 Å². The second-order valence-electron chi connectivity index (χ2n) is 7.62. The van der Waals surface area contributed by atoms with Crippen LogP contribution >= 0.6 is 0 Å². The number of hydrazine groups is 1. The summed E-state index contributed by atoms with van der Waals surface area (Å²) in [4.78, 5) is 16.4. The van der Waals surface area contributed by atoms with E-state index in [4.69, 9.17) is 32.4 Å². The molecule has 0 saturated heterocycles. The van der Waals surface area contributed by atoms with Gasteiger partial charge in [-0.3, -0.25) is 15.6 Å². The van der Waals surface area contributed by atoms with Crippen LogP contribution in [0.1, 0.15) is 11.1 Å². The molecule has 8 heteroatoms. The molecular formula is C26H24N6O2.